The average Bonchev–Trinajstić information content (AvgIpc) is 2.85. The minimum absolute atomic E-state index is 0.688. The fourth-order valence-electron chi connectivity index (χ4n) is 1.18. The summed E-state index contributed by atoms with van der Waals surface area (Å²) in [4.78, 5) is 4.46. The number of furan rings is 1. The molecule has 0 amide bonds. The van der Waals surface area contributed by atoms with Crippen LogP contribution in [0.15, 0.2) is 28.2 Å². The van der Waals surface area contributed by atoms with Crippen LogP contribution in [0.25, 0.3) is 10.8 Å². The number of rotatable bonds is 4. The molecule has 4 heteroatoms. The van der Waals surface area contributed by atoms with Crippen LogP contribution < -0.4 is 0 Å². The smallest absolute Gasteiger partial charge is 0.162 e. The largest absolute Gasteiger partial charge is 0.462 e. The molecule has 0 bridgehead atoms. The Morgan fingerprint density at radius 2 is 2.43 bits per heavy atom. The highest BCUT2D eigenvalue weighted by Gasteiger charge is 2.06. The fourth-order valence-corrected chi connectivity index (χ4v) is 2.14. The van der Waals surface area contributed by atoms with E-state index >= 15 is 0 Å². The monoisotopic (exact) mass is 227 g/mol. The van der Waals surface area contributed by atoms with E-state index in [4.69, 9.17) is 16.0 Å². The third-order valence-electron chi connectivity index (χ3n) is 1.85. The number of thiazole rings is 1. The van der Waals surface area contributed by atoms with Gasteiger partial charge in [-0.3, -0.25) is 0 Å². The van der Waals surface area contributed by atoms with Crippen LogP contribution in [0.5, 0.6) is 0 Å². The van der Waals surface area contributed by atoms with Crippen molar-refractivity contribution in [3.05, 3.63) is 29.5 Å². The summed E-state index contributed by atoms with van der Waals surface area (Å²) in [6, 6.07) is 3.79. The maximum absolute atomic E-state index is 5.61. The number of halogens is 1. The van der Waals surface area contributed by atoms with Crippen molar-refractivity contribution in [2.45, 2.75) is 12.8 Å². The molecule has 0 aromatic carbocycles. The van der Waals surface area contributed by atoms with E-state index in [1.54, 1.807) is 17.6 Å². The lowest BCUT2D eigenvalue weighted by molar-refractivity contribution is 0.581. The molecule has 2 heterocycles. The van der Waals surface area contributed by atoms with E-state index in [0.717, 1.165) is 29.3 Å². The van der Waals surface area contributed by atoms with Gasteiger partial charge < -0.3 is 4.42 Å². The molecule has 0 radical (unpaired) electrons. The predicted molar refractivity (Wildman–Crippen MR) is 58.9 cm³/mol. The first-order valence-electron chi connectivity index (χ1n) is 4.44. The van der Waals surface area contributed by atoms with Crippen molar-refractivity contribution >= 4 is 22.9 Å². The Morgan fingerprint density at radius 1 is 1.50 bits per heavy atom. The van der Waals surface area contributed by atoms with Crippen molar-refractivity contribution in [2.75, 3.05) is 5.88 Å². The Balaban J connectivity index is 2.10. The number of nitrogens with zero attached hydrogens (tertiary/aromatic N) is 1. The highest BCUT2D eigenvalue weighted by atomic mass is 35.5. The topological polar surface area (TPSA) is 26.0 Å². The molecule has 0 aliphatic heterocycles. The van der Waals surface area contributed by atoms with Gasteiger partial charge in [0.05, 0.1) is 12.0 Å². The first-order valence-corrected chi connectivity index (χ1v) is 5.86. The van der Waals surface area contributed by atoms with Crippen LogP contribution in [0, 0.1) is 0 Å². The summed E-state index contributed by atoms with van der Waals surface area (Å²) >= 11 is 7.22. The summed E-state index contributed by atoms with van der Waals surface area (Å²) in [6.45, 7) is 0. The molecule has 0 aliphatic rings. The Bertz CT molecular complexity index is 382. The van der Waals surface area contributed by atoms with E-state index in [-0.39, 0.29) is 0 Å². The highest BCUT2D eigenvalue weighted by molar-refractivity contribution is 7.13. The van der Waals surface area contributed by atoms with Gasteiger partial charge in [0.25, 0.3) is 0 Å². The quantitative estimate of drug-likeness (QED) is 0.747. The van der Waals surface area contributed by atoms with Gasteiger partial charge in [0, 0.05) is 11.3 Å². The van der Waals surface area contributed by atoms with Gasteiger partial charge in [-0.15, -0.1) is 22.9 Å². The molecule has 0 saturated carbocycles. The highest BCUT2D eigenvalue weighted by Crippen LogP contribution is 2.24. The van der Waals surface area contributed by atoms with E-state index < -0.39 is 0 Å². The molecule has 2 nitrogen and oxygen atoms in total. The third kappa shape index (κ3) is 2.16. The number of aromatic nitrogens is 1. The molecule has 14 heavy (non-hydrogen) atoms. The Hall–Kier alpha value is -0.800. The molecule has 2 rings (SSSR count). The molecule has 0 spiro atoms. The van der Waals surface area contributed by atoms with Gasteiger partial charge in [-0.05, 0) is 25.0 Å². The van der Waals surface area contributed by atoms with E-state index in [1.807, 2.05) is 12.1 Å². The van der Waals surface area contributed by atoms with Crippen molar-refractivity contribution in [1.29, 1.82) is 0 Å². The second-order valence-electron chi connectivity index (χ2n) is 2.91. The Morgan fingerprint density at radius 3 is 3.14 bits per heavy atom. The standard InChI is InChI=1S/C10H10ClNOS/c11-5-1-3-8-7-14-10(12-8)9-4-2-6-13-9/h2,4,6-7H,1,3,5H2. The van der Waals surface area contributed by atoms with Crippen molar-refractivity contribution in [3.63, 3.8) is 0 Å². The molecular formula is C10H10ClNOS. The molecule has 0 unspecified atom stereocenters. The van der Waals surface area contributed by atoms with Crippen molar-refractivity contribution in [3.8, 4) is 10.8 Å². The van der Waals surface area contributed by atoms with Crippen LogP contribution in [-0.2, 0) is 6.42 Å². The van der Waals surface area contributed by atoms with Crippen molar-refractivity contribution < 1.29 is 4.42 Å². The number of alkyl halides is 1. The summed E-state index contributed by atoms with van der Waals surface area (Å²) in [6.07, 6.45) is 3.58. The summed E-state index contributed by atoms with van der Waals surface area (Å²) in [5, 5.41) is 3.00. The number of hydrogen-bond donors (Lipinski definition) is 0. The lowest BCUT2D eigenvalue weighted by atomic mass is 10.3. The Kier molecular flexibility index (Phi) is 3.22. The minimum Gasteiger partial charge on any atom is -0.462 e. The molecule has 0 saturated heterocycles. The van der Waals surface area contributed by atoms with Crippen LogP contribution in [-0.4, -0.2) is 10.9 Å². The molecule has 0 atom stereocenters. The number of aryl methyl sites for hydroxylation is 1. The van der Waals surface area contributed by atoms with Crippen molar-refractivity contribution in [2.24, 2.45) is 0 Å². The maximum Gasteiger partial charge on any atom is 0.162 e. The zero-order valence-electron chi connectivity index (χ0n) is 7.57. The summed E-state index contributed by atoms with van der Waals surface area (Å²) in [7, 11) is 0. The summed E-state index contributed by atoms with van der Waals surface area (Å²) in [5.41, 5.74) is 1.10. The number of hydrogen-bond acceptors (Lipinski definition) is 3. The predicted octanol–water partition coefficient (Wildman–Crippen LogP) is 3.57. The second-order valence-corrected chi connectivity index (χ2v) is 4.15. The van der Waals surface area contributed by atoms with Gasteiger partial charge in [0.15, 0.2) is 10.8 Å². The van der Waals surface area contributed by atoms with Crippen LogP contribution in [0.3, 0.4) is 0 Å². The third-order valence-corrected chi connectivity index (χ3v) is 3.02. The van der Waals surface area contributed by atoms with Gasteiger partial charge in [-0.1, -0.05) is 0 Å². The zero-order valence-corrected chi connectivity index (χ0v) is 9.14. The molecule has 0 aliphatic carbocycles. The van der Waals surface area contributed by atoms with Gasteiger partial charge in [0.1, 0.15) is 0 Å². The molecule has 0 fully saturated rings. The molecule has 2 aromatic rings. The lowest BCUT2D eigenvalue weighted by Crippen LogP contribution is -1.85. The van der Waals surface area contributed by atoms with E-state index in [2.05, 4.69) is 10.4 Å². The van der Waals surface area contributed by atoms with Gasteiger partial charge in [0.2, 0.25) is 0 Å². The normalized spacial score (nSPS) is 10.6. The van der Waals surface area contributed by atoms with E-state index in [1.165, 1.54) is 0 Å². The zero-order chi connectivity index (χ0) is 9.80. The lowest BCUT2D eigenvalue weighted by Gasteiger charge is -1.90. The maximum atomic E-state index is 5.61. The van der Waals surface area contributed by atoms with Gasteiger partial charge in [-0.2, -0.15) is 0 Å². The Labute approximate surface area is 91.5 Å². The van der Waals surface area contributed by atoms with Crippen LogP contribution in [0.4, 0.5) is 0 Å². The van der Waals surface area contributed by atoms with E-state index in [0.29, 0.717) is 5.88 Å². The van der Waals surface area contributed by atoms with Crippen molar-refractivity contribution in [1.82, 2.24) is 4.98 Å². The second kappa shape index (κ2) is 4.62. The fraction of sp³-hybridized carbons (Fsp3) is 0.300. The molecular weight excluding hydrogens is 218 g/mol. The van der Waals surface area contributed by atoms with Crippen LogP contribution >= 0.6 is 22.9 Å². The van der Waals surface area contributed by atoms with Crippen LogP contribution in [0.2, 0.25) is 0 Å². The SMILES string of the molecule is ClCCCc1csc(-c2ccco2)n1. The molecule has 74 valence electrons. The van der Waals surface area contributed by atoms with Crippen LogP contribution in [0.1, 0.15) is 12.1 Å². The van der Waals surface area contributed by atoms with Gasteiger partial charge in [-0.25, -0.2) is 4.98 Å². The van der Waals surface area contributed by atoms with Gasteiger partial charge >= 0.3 is 0 Å². The average molecular weight is 228 g/mol. The summed E-state index contributed by atoms with van der Waals surface area (Å²) in [5.74, 6) is 1.53. The summed E-state index contributed by atoms with van der Waals surface area (Å²) < 4.78 is 5.26. The first-order chi connectivity index (χ1) is 6.90. The minimum atomic E-state index is 0.688. The first kappa shape index (κ1) is 9.74. The molecule has 2 aromatic heterocycles. The molecule has 0 N–H and O–H groups in total. The van der Waals surface area contributed by atoms with E-state index in [9.17, 15) is 0 Å².